The van der Waals surface area contributed by atoms with Crippen molar-refractivity contribution >= 4 is 0 Å². The van der Waals surface area contributed by atoms with E-state index in [1.54, 1.807) is 7.11 Å². The molecule has 0 aliphatic rings. The van der Waals surface area contributed by atoms with E-state index in [1.807, 2.05) is 12.1 Å². The normalized spacial score (nSPS) is 12.2. The molecule has 0 spiro atoms. The smallest absolute Gasteiger partial charge is 0.127 e. The number of hydrogen-bond donors (Lipinski definition) is 1. The Bertz CT molecular complexity index is 352. The lowest BCUT2D eigenvalue weighted by atomic mass is 10.1. The molecule has 0 aromatic heterocycles. The van der Waals surface area contributed by atoms with Crippen LogP contribution in [-0.4, -0.2) is 19.8 Å². The van der Waals surface area contributed by atoms with Gasteiger partial charge in [0.2, 0.25) is 0 Å². The summed E-state index contributed by atoms with van der Waals surface area (Å²) in [7, 11) is 1.68. The Hall–Kier alpha value is -1.22. The van der Waals surface area contributed by atoms with E-state index in [1.165, 1.54) is 5.56 Å². The third-order valence-corrected chi connectivity index (χ3v) is 2.86. The highest BCUT2D eigenvalue weighted by atomic mass is 16.5. The van der Waals surface area contributed by atoms with Crippen molar-refractivity contribution in [2.75, 3.05) is 13.7 Å². The van der Waals surface area contributed by atoms with Gasteiger partial charge in [0.15, 0.2) is 0 Å². The van der Waals surface area contributed by atoms with Crippen LogP contribution < -0.4 is 14.8 Å². The van der Waals surface area contributed by atoms with Crippen LogP contribution in [0.25, 0.3) is 0 Å². The third kappa shape index (κ3) is 4.57. The zero-order valence-electron chi connectivity index (χ0n) is 12.0. The molecule has 0 heterocycles. The fraction of sp³-hybridized carbons (Fsp3) is 0.600. The number of hydrogen-bond acceptors (Lipinski definition) is 3. The minimum absolute atomic E-state index is 0.238. The molecule has 0 amide bonds. The molecule has 1 N–H and O–H groups in total. The van der Waals surface area contributed by atoms with Crippen LogP contribution in [0, 0.1) is 0 Å². The monoisotopic (exact) mass is 251 g/mol. The average molecular weight is 251 g/mol. The van der Waals surface area contributed by atoms with Crippen LogP contribution in [0.2, 0.25) is 0 Å². The van der Waals surface area contributed by atoms with E-state index < -0.39 is 0 Å². The molecule has 0 saturated carbocycles. The average Bonchev–Trinajstić information content (AvgIpc) is 2.37. The first kappa shape index (κ1) is 14.8. The molecule has 1 rings (SSSR count). The lowest BCUT2D eigenvalue weighted by Crippen LogP contribution is -2.16. The summed E-state index contributed by atoms with van der Waals surface area (Å²) in [5.41, 5.74) is 1.18. The number of ether oxygens (including phenoxy) is 2. The minimum atomic E-state index is 0.238. The maximum atomic E-state index is 6.01. The van der Waals surface area contributed by atoms with E-state index in [4.69, 9.17) is 9.47 Å². The van der Waals surface area contributed by atoms with Gasteiger partial charge in [0.1, 0.15) is 11.5 Å². The van der Waals surface area contributed by atoms with Crippen molar-refractivity contribution in [1.29, 1.82) is 0 Å². The van der Waals surface area contributed by atoms with Gasteiger partial charge in [0.25, 0.3) is 0 Å². The quantitative estimate of drug-likeness (QED) is 0.768. The summed E-state index contributed by atoms with van der Waals surface area (Å²) in [5, 5.41) is 3.33. The van der Waals surface area contributed by atoms with Gasteiger partial charge in [-0.25, -0.2) is 0 Å². The number of benzene rings is 1. The first-order valence-corrected chi connectivity index (χ1v) is 6.75. The van der Waals surface area contributed by atoms with Gasteiger partial charge in [-0.2, -0.15) is 0 Å². The second kappa shape index (κ2) is 7.98. The SMILES string of the molecule is CCCC(C)Oc1cc(OC)ccc1CNCC. The molecule has 0 bridgehead atoms. The molecule has 1 aromatic carbocycles. The van der Waals surface area contributed by atoms with E-state index >= 15 is 0 Å². The summed E-state index contributed by atoms with van der Waals surface area (Å²) >= 11 is 0. The molecule has 1 aromatic rings. The Morgan fingerprint density at radius 1 is 1.28 bits per heavy atom. The lowest BCUT2D eigenvalue weighted by molar-refractivity contribution is 0.206. The van der Waals surface area contributed by atoms with Gasteiger partial charge < -0.3 is 14.8 Å². The summed E-state index contributed by atoms with van der Waals surface area (Å²) in [4.78, 5) is 0. The fourth-order valence-electron chi connectivity index (χ4n) is 1.86. The van der Waals surface area contributed by atoms with Gasteiger partial charge in [-0.1, -0.05) is 26.3 Å². The van der Waals surface area contributed by atoms with Crippen LogP contribution >= 0.6 is 0 Å². The van der Waals surface area contributed by atoms with Crippen molar-refractivity contribution in [1.82, 2.24) is 5.32 Å². The standard InChI is InChI=1S/C15H25NO2/c1-5-7-12(3)18-15-10-14(17-4)9-8-13(15)11-16-6-2/h8-10,12,16H,5-7,11H2,1-4H3. The van der Waals surface area contributed by atoms with Gasteiger partial charge in [-0.3, -0.25) is 0 Å². The first-order valence-electron chi connectivity index (χ1n) is 6.75. The van der Waals surface area contributed by atoms with Crippen molar-refractivity contribution in [3.63, 3.8) is 0 Å². The Balaban J connectivity index is 2.81. The Morgan fingerprint density at radius 3 is 2.67 bits per heavy atom. The first-order chi connectivity index (χ1) is 8.71. The summed E-state index contributed by atoms with van der Waals surface area (Å²) < 4.78 is 11.3. The molecule has 1 atom stereocenters. The molecule has 0 saturated heterocycles. The molecular weight excluding hydrogens is 226 g/mol. The number of nitrogens with one attached hydrogen (secondary N) is 1. The highest BCUT2D eigenvalue weighted by Crippen LogP contribution is 2.26. The molecule has 0 fully saturated rings. The van der Waals surface area contributed by atoms with Gasteiger partial charge in [0, 0.05) is 18.2 Å². The minimum Gasteiger partial charge on any atom is -0.497 e. The molecule has 0 aliphatic heterocycles. The van der Waals surface area contributed by atoms with E-state index in [0.717, 1.165) is 37.4 Å². The maximum absolute atomic E-state index is 6.01. The Morgan fingerprint density at radius 2 is 2.06 bits per heavy atom. The molecule has 102 valence electrons. The van der Waals surface area contributed by atoms with Crippen molar-refractivity contribution in [2.45, 2.75) is 46.3 Å². The van der Waals surface area contributed by atoms with Crippen LogP contribution in [-0.2, 0) is 6.54 Å². The highest BCUT2D eigenvalue weighted by Gasteiger charge is 2.09. The molecule has 0 aliphatic carbocycles. The summed E-state index contributed by atoms with van der Waals surface area (Å²) in [6.45, 7) is 8.17. The largest absolute Gasteiger partial charge is 0.497 e. The molecule has 3 nitrogen and oxygen atoms in total. The lowest BCUT2D eigenvalue weighted by Gasteiger charge is -2.18. The molecular formula is C15H25NO2. The second-order valence-corrected chi connectivity index (χ2v) is 4.47. The topological polar surface area (TPSA) is 30.5 Å². The zero-order valence-corrected chi connectivity index (χ0v) is 12.0. The third-order valence-electron chi connectivity index (χ3n) is 2.86. The maximum Gasteiger partial charge on any atom is 0.127 e. The van der Waals surface area contributed by atoms with Crippen LogP contribution in [0.4, 0.5) is 0 Å². The van der Waals surface area contributed by atoms with Gasteiger partial charge in [-0.05, 0) is 26.0 Å². The molecule has 0 radical (unpaired) electrons. The Labute approximate surface area is 110 Å². The number of methoxy groups -OCH3 is 1. The van der Waals surface area contributed by atoms with Crippen LogP contribution in [0.1, 0.15) is 39.2 Å². The summed E-state index contributed by atoms with van der Waals surface area (Å²) in [6, 6.07) is 6.01. The van der Waals surface area contributed by atoms with Crippen LogP contribution in [0.5, 0.6) is 11.5 Å². The zero-order chi connectivity index (χ0) is 13.4. The van der Waals surface area contributed by atoms with Crippen molar-refractivity contribution in [3.8, 4) is 11.5 Å². The fourth-order valence-corrected chi connectivity index (χ4v) is 1.86. The second-order valence-electron chi connectivity index (χ2n) is 4.47. The predicted molar refractivity (Wildman–Crippen MR) is 75.4 cm³/mol. The van der Waals surface area contributed by atoms with E-state index in [-0.39, 0.29) is 6.10 Å². The number of rotatable bonds is 8. The molecule has 3 heteroatoms. The predicted octanol–water partition coefficient (Wildman–Crippen LogP) is 3.37. The molecule has 18 heavy (non-hydrogen) atoms. The highest BCUT2D eigenvalue weighted by molar-refractivity contribution is 5.40. The van der Waals surface area contributed by atoms with E-state index in [2.05, 4.69) is 32.2 Å². The van der Waals surface area contributed by atoms with E-state index in [0.29, 0.717) is 0 Å². The van der Waals surface area contributed by atoms with Gasteiger partial charge in [-0.15, -0.1) is 0 Å². The van der Waals surface area contributed by atoms with E-state index in [9.17, 15) is 0 Å². The Kier molecular flexibility index (Phi) is 6.58. The van der Waals surface area contributed by atoms with Crippen molar-refractivity contribution < 1.29 is 9.47 Å². The van der Waals surface area contributed by atoms with Crippen LogP contribution in [0.15, 0.2) is 18.2 Å². The summed E-state index contributed by atoms with van der Waals surface area (Å²) in [6.07, 6.45) is 2.44. The van der Waals surface area contributed by atoms with Gasteiger partial charge in [0.05, 0.1) is 13.2 Å². The summed E-state index contributed by atoms with van der Waals surface area (Å²) in [5.74, 6) is 1.77. The van der Waals surface area contributed by atoms with Crippen molar-refractivity contribution in [3.05, 3.63) is 23.8 Å². The molecule has 1 unspecified atom stereocenters. The van der Waals surface area contributed by atoms with Crippen LogP contribution in [0.3, 0.4) is 0 Å². The van der Waals surface area contributed by atoms with Gasteiger partial charge >= 0.3 is 0 Å². The van der Waals surface area contributed by atoms with Crippen molar-refractivity contribution in [2.24, 2.45) is 0 Å².